The molecular formula is C30H44N6O7. The number of carbonyl (C=O) groups excluding carboxylic acids is 5. The van der Waals surface area contributed by atoms with Gasteiger partial charge in [-0.15, -0.1) is 0 Å². The Morgan fingerprint density at radius 3 is 2.47 bits per heavy atom. The van der Waals surface area contributed by atoms with E-state index >= 15 is 0 Å². The quantitative estimate of drug-likeness (QED) is 0.125. The summed E-state index contributed by atoms with van der Waals surface area (Å²) in [5.74, 6) is -0.967. The molecule has 0 radical (unpaired) electrons. The van der Waals surface area contributed by atoms with E-state index in [1.165, 1.54) is 4.90 Å². The molecule has 3 atom stereocenters. The van der Waals surface area contributed by atoms with Crippen molar-refractivity contribution >= 4 is 36.2 Å². The summed E-state index contributed by atoms with van der Waals surface area (Å²) in [5.41, 5.74) is 11.5. The van der Waals surface area contributed by atoms with Crippen molar-refractivity contribution in [2.45, 2.75) is 89.4 Å². The maximum absolute atomic E-state index is 14.0. The van der Waals surface area contributed by atoms with Gasteiger partial charge in [0.1, 0.15) is 25.0 Å². The Balaban J connectivity index is 1.82. The van der Waals surface area contributed by atoms with Crippen LogP contribution < -0.4 is 16.8 Å². The predicted octanol–water partition coefficient (Wildman–Crippen LogP) is 2.46. The van der Waals surface area contributed by atoms with Crippen molar-refractivity contribution in [2.75, 3.05) is 19.7 Å². The number of imide groups is 1. The van der Waals surface area contributed by atoms with Gasteiger partial charge in [-0.25, -0.2) is 14.5 Å². The van der Waals surface area contributed by atoms with E-state index in [9.17, 15) is 24.0 Å². The number of nitrogens with zero attached hydrogens (tertiary/aromatic N) is 3. The number of guanidine groups is 1. The van der Waals surface area contributed by atoms with Crippen molar-refractivity contribution < 1.29 is 33.4 Å². The monoisotopic (exact) mass is 600 g/mol. The third kappa shape index (κ3) is 9.97. The Labute approximate surface area is 252 Å². The summed E-state index contributed by atoms with van der Waals surface area (Å²) in [6, 6.07) is 5.89. The summed E-state index contributed by atoms with van der Waals surface area (Å²) in [4.78, 5) is 72.0. The van der Waals surface area contributed by atoms with Gasteiger partial charge < -0.3 is 36.0 Å². The molecule has 236 valence electrons. The van der Waals surface area contributed by atoms with Crippen molar-refractivity contribution in [2.24, 2.45) is 22.4 Å². The summed E-state index contributed by atoms with van der Waals surface area (Å²) in [7, 11) is 0. The minimum atomic E-state index is -1.16. The second-order valence-corrected chi connectivity index (χ2v) is 10.9. The number of alkyl carbamates (subject to hydrolysis) is 1. The fourth-order valence-electron chi connectivity index (χ4n) is 5.71. The van der Waals surface area contributed by atoms with Crippen LogP contribution in [0.15, 0.2) is 35.3 Å². The zero-order valence-electron chi connectivity index (χ0n) is 24.8. The summed E-state index contributed by atoms with van der Waals surface area (Å²) >= 11 is 0. The molecule has 4 amide bonds. The highest BCUT2D eigenvalue weighted by Gasteiger charge is 2.44. The molecule has 1 aliphatic heterocycles. The van der Waals surface area contributed by atoms with Gasteiger partial charge in [0.05, 0.1) is 12.6 Å². The summed E-state index contributed by atoms with van der Waals surface area (Å²) in [5, 5.41) is 2.69. The van der Waals surface area contributed by atoms with Crippen LogP contribution in [0.5, 0.6) is 0 Å². The third-order valence-corrected chi connectivity index (χ3v) is 7.81. The van der Waals surface area contributed by atoms with Crippen LogP contribution in [0, 0.1) is 5.92 Å². The van der Waals surface area contributed by atoms with Gasteiger partial charge in [-0.1, -0.05) is 56.0 Å². The van der Waals surface area contributed by atoms with Gasteiger partial charge in [0.25, 0.3) is 5.91 Å². The number of nitrogens with one attached hydrogen (secondary N) is 1. The molecule has 1 aliphatic carbocycles. The van der Waals surface area contributed by atoms with E-state index < -0.39 is 42.1 Å². The van der Waals surface area contributed by atoms with Gasteiger partial charge in [-0.2, -0.15) is 0 Å². The third-order valence-electron chi connectivity index (χ3n) is 7.81. The summed E-state index contributed by atoms with van der Waals surface area (Å²) in [6.07, 6.45) is 4.52. The molecule has 43 heavy (non-hydrogen) atoms. The highest BCUT2D eigenvalue weighted by molar-refractivity contribution is 6.00. The standard InChI is InChI=1S/C30H44N6O7/c1-2-42-29(40)34-24(18-21-10-6-7-11-21)26(38)35-17-9-15-25(35)27(39)36(23(19-37)14-8-16-33-28(31)32)30(41)43-20-22-12-4-3-5-13-22/h3-5,12-13,19,21,23-25H,2,6-11,14-18,20H2,1H3,(H,34,40)(H4,31,32,33)/t23-,24+,25-/m0/s1. The van der Waals surface area contributed by atoms with Crippen LogP contribution in [-0.4, -0.2) is 83.9 Å². The van der Waals surface area contributed by atoms with E-state index in [-0.39, 0.29) is 44.6 Å². The first-order valence-corrected chi connectivity index (χ1v) is 15.0. The Morgan fingerprint density at radius 1 is 1.09 bits per heavy atom. The summed E-state index contributed by atoms with van der Waals surface area (Å²) < 4.78 is 10.5. The first-order chi connectivity index (χ1) is 20.7. The molecular weight excluding hydrogens is 556 g/mol. The fourth-order valence-corrected chi connectivity index (χ4v) is 5.71. The van der Waals surface area contributed by atoms with Gasteiger partial charge in [-0.05, 0) is 50.5 Å². The molecule has 1 heterocycles. The molecule has 0 aromatic heterocycles. The van der Waals surface area contributed by atoms with E-state index in [0.717, 1.165) is 30.6 Å². The highest BCUT2D eigenvalue weighted by Crippen LogP contribution is 2.30. The molecule has 1 saturated heterocycles. The van der Waals surface area contributed by atoms with E-state index in [0.29, 0.717) is 37.5 Å². The first-order valence-electron chi connectivity index (χ1n) is 15.0. The minimum Gasteiger partial charge on any atom is -0.450 e. The lowest BCUT2D eigenvalue weighted by Gasteiger charge is -2.33. The van der Waals surface area contributed by atoms with Crippen LogP contribution in [0.3, 0.4) is 0 Å². The van der Waals surface area contributed by atoms with Crippen LogP contribution in [0.2, 0.25) is 0 Å². The Kier molecular flexibility index (Phi) is 13.2. The van der Waals surface area contributed by atoms with Crippen molar-refractivity contribution in [3.63, 3.8) is 0 Å². The van der Waals surface area contributed by atoms with Crippen LogP contribution in [0.1, 0.15) is 70.3 Å². The minimum absolute atomic E-state index is 0.0990. The molecule has 1 aromatic carbocycles. The molecule has 2 aliphatic rings. The smallest absolute Gasteiger partial charge is 0.417 e. The fraction of sp³-hybridized carbons (Fsp3) is 0.600. The Morgan fingerprint density at radius 2 is 1.81 bits per heavy atom. The molecule has 0 bridgehead atoms. The van der Waals surface area contributed by atoms with Crippen molar-refractivity contribution in [1.82, 2.24) is 15.1 Å². The topological polar surface area (TPSA) is 187 Å². The Hall–Kier alpha value is -4.16. The molecule has 3 rings (SSSR count). The number of ether oxygens (including phenoxy) is 2. The maximum Gasteiger partial charge on any atom is 0.417 e. The molecule has 0 unspecified atom stereocenters. The lowest BCUT2D eigenvalue weighted by molar-refractivity contribution is -0.146. The number of likely N-dealkylation sites (tertiary alicyclic amines) is 1. The van der Waals surface area contributed by atoms with Gasteiger partial charge in [-0.3, -0.25) is 14.6 Å². The number of amides is 4. The number of hydrogen-bond acceptors (Lipinski definition) is 8. The van der Waals surface area contributed by atoms with Gasteiger partial charge >= 0.3 is 12.2 Å². The van der Waals surface area contributed by atoms with Gasteiger partial charge in [0, 0.05) is 13.1 Å². The molecule has 5 N–H and O–H groups in total. The van der Waals surface area contributed by atoms with Crippen LogP contribution in [-0.2, 0) is 30.5 Å². The highest BCUT2D eigenvalue weighted by atomic mass is 16.6. The average Bonchev–Trinajstić information content (AvgIpc) is 3.70. The number of benzene rings is 1. The molecule has 1 saturated carbocycles. The van der Waals surface area contributed by atoms with Gasteiger partial charge in [0.15, 0.2) is 5.96 Å². The van der Waals surface area contributed by atoms with Crippen molar-refractivity contribution in [3.8, 4) is 0 Å². The van der Waals surface area contributed by atoms with Crippen molar-refractivity contribution in [1.29, 1.82) is 0 Å². The number of aliphatic imine (C=N–C) groups is 1. The molecule has 2 fully saturated rings. The largest absolute Gasteiger partial charge is 0.450 e. The van der Waals surface area contributed by atoms with E-state index in [1.54, 1.807) is 31.2 Å². The predicted molar refractivity (Wildman–Crippen MR) is 158 cm³/mol. The normalized spacial score (nSPS) is 17.9. The number of nitrogens with two attached hydrogens (primary N) is 2. The molecule has 0 spiro atoms. The molecule has 13 nitrogen and oxygen atoms in total. The van der Waals surface area contributed by atoms with Crippen LogP contribution >= 0.6 is 0 Å². The number of rotatable bonds is 14. The average molecular weight is 601 g/mol. The second kappa shape index (κ2) is 17.1. The lowest BCUT2D eigenvalue weighted by Crippen LogP contribution is -2.57. The van der Waals surface area contributed by atoms with Crippen molar-refractivity contribution in [3.05, 3.63) is 35.9 Å². The van der Waals surface area contributed by atoms with E-state index in [4.69, 9.17) is 20.9 Å². The van der Waals surface area contributed by atoms with Crippen LogP contribution in [0.25, 0.3) is 0 Å². The Bertz CT molecular complexity index is 1120. The zero-order chi connectivity index (χ0) is 31.2. The number of aldehydes is 1. The second-order valence-electron chi connectivity index (χ2n) is 10.9. The summed E-state index contributed by atoms with van der Waals surface area (Å²) in [6.45, 7) is 2.18. The lowest BCUT2D eigenvalue weighted by atomic mass is 9.97. The van der Waals surface area contributed by atoms with Crippen LogP contribution in [0.4, 0.5) is 9.59 Å². The maximum atomic E-state index is 14.0. The van der Waals surface area contributed by atoms with E-state index in [2.05, 4.69) is 10.3 Å². The molecule has 13 heteroatoms. The molecule has 1 aromatic rings. The SMILES string of the molecule is CCOC(=O)N[C@H](CC1CCCC1)C(=O)N1CCC[C@H]1C(=O)N(C(=O)OCc1ccccc1)[C@H](C=O)CCCN=C(N)N. The van der Waals surface area contributed by atoms with E-state index in [1.807, 2.05) is 6.07 Å². The first kappa shape index (κ1) is 33.3. The number of carbonyl (C=O) groups is 5. The zero-order valence-corrected chi connectivity index (χ0v) is 24.8. The van der Waals surface area contributed by atoms with Gasteiger partial charge in [0.2, 0.25) is 5.91 Å². The number of hydrogen-bond donors (Lipinski definition) is 3.